The van der Waals surface area contributed by atoms with E-state index in [1.807, 2.05) is 0 Å². The molecule has 0 atom stereocenters. The fraction of sp³-hybridized carbons (Fsp3) is 0.167. The number of hydrogen-bond acceptors (Lipinski definition) is 3. The normalized spacial score (nSPS) is 9.64. The number of ether oxygens (including phenoxy) is 1. The van der Waals surface area contributed by atoms with Gasteiger partial charge in [-0.05, 0) is 0 Å². The third-order valence-electron chi connectivity index (χ3n) is 1.17. The van der Waals surface area contributed by atoms with Crippen LogP contribution in [0.5, 0.6) is 5.75 Å². The number of methoxy groups -OCH3 is 1. The average Bonchev–Trinajstić information content (AvgIpc) is 2.30. The molecule has 0 aliphatic heterocycles. The Kier molecular flexibility index (Phi) is 2.36. The number of rotatable bonds is 2. The predicted molar refractivity (Wildman–Crippen MR) is 44.4 cm³/mol. The number of carbonyl (C=O) groups excluding carboxylic acids is 1. The summed E-state index contributed by atoms with van der Waals surface area (Å²) in [7, 11) is 1.44. The molecule has 0 bridgehead atoms. The number of amides is 1. The van der Waals surface area contributed by atoms with Gasteiger partial charge in [-0.3, -0.25) is 4.79 Å². The standard InChI is InChI=1S/C6H6ClNO2S/c1-10-4-3(6(8)9)2-11-5(4)7/h2H,1H3,(H2,8,9). The van der Waals surface area contributed by atoms with E-state index < -0.39 is 5.91 Å². The van der Waals surface area contributed by atoms with E-state index in [1.54, 1.807) is 5.38 Å². The molecule has 1 amide bonds. The molecule has 11 heavy (non-hydrogen) atoms. The predicted octanol–water partition coefficient (Wildman–Crippen LogP) is 1.51. The van der Waals surface area contributed by atoms with E-state index in [2.05, 4.69) is 0 Å². The molecule has 0 spiro atoms. The monoisotopic (exact) mass is 191 g/mol. The number of halogens is 1. The van der Waals surface area contributed by atoms with Crippen LogP contribution in [0.15, 0.2) is 5.38 Å². The molecule has 1 aromatic heterocycles. The first kappa shape index (κ1) is 8.36. The fourth-order valence-electron chi connectivity index (χ4n) is 0.684. The summed E-state index contributed by atoms with van der Waals surface area (Å²) in [4.78, 5) is 10.7. The van der Waals surface area contributed by atoms with E-state index in [0.29, 0.717) is 15.6 Å². The lowest BCUT2D eigenvalue weighted by Crippen LogP contribution is -2.10. The summed E-state index contributed by atoms with van der Waals surface area (Å²) < 4.78 is 5.30. The van der Waals surface area contributed by atoms with Crippen LogP contribution < -0.4 is 10.5 Å². The van der Waals surface area contributed by atoms with Crippen molar-refractivity contribution in [2.24, 2.45) is 5.73 Å². The van der Waals surface area contributed by atoms with Gasteiger partial charge in [-0.1, -0.05) is 11.6 Å². The molecule has 0 saturated carbocycles. The van der Waals surface area contributed by atoms with Crippen molar-refractivity contribution >= 4 is 28.8 Å². The molecular formula is C6H6ClNO2S. The summed E-state index contributed by atoms with van der Waals surface area (Å²) in [6.45, 7) is 0. The van der Waals surface area contributed by atoms with E-state index in [-0.39, 0.29) is 0 Å². The maximum absolute atomic E-state index is 10.7. The zero-order valence-electron chi connectivity index (χ0n) is 5.76. The molecule has 0 aromatic carbocycles. The van der Waals surface area contributed by atoms with Crippen molar-refractivity contribution in [3.05, 3.63) is 15.3 Å². The van der Waals surface area contributed by atoms with Gasteiger partial charge in [-0.25, -0.2) is 0 Å². The van der Waals surface area contributed by atoms with Gasteiger partial charge in [-0.2, -0.15) is 0 Å². The van der Waals surface area contributed by atoms with Crippen molar-refractivity contribution in [3.8, 4) is 5.75 Å². The molecule has 0 aliphatic carbocycles. The molecule has 3 nitrogen and oxygen atoms in total. The Balaban J connectivity index is 3.15. The minimum absolute atomic E-state index is 0.336. The maximum Gasteiger partial charge on any atom is 0.253 e. The van der Waals surface area contributed by atoms with Gasteiger partial charge < -0.3 is 10.5 Å². The Morgan fingerprint density at radius 3 is 2.82 bits per heavy atom. The van der Waals surface area contributed by atoms with Crippen molar-refractivity contribution in [1.29, 1.82) is 0 Å². The average molecular weight is 192 g/mol. The van der Waals surface area contributed by atoms with Crippen LogP contribution in [0, 0.1) is 0 Å². The quantitative estimate of drug-likeness (QED) is 0.771. The second-order valence-electron chi connectivity index (χ2n) is 1.82. The molecule has 0 unspecified atom stereocenters. The van der Waals surface area contributed by atoms with Gasteiger partial charge in [-0.15, -0.1) is 11.3 Å². The Labute approximate surface area is 72.7 Å². The van der Waals surface area contributed by atoms with Gasteiger partial charge >= 0.3 is 0 Å². The smallest absolute Gasteiger partial charge is 0.253 e. The number of carbonyl (C=O) groups is 1. The SMILES string of the molecule is COc1c(C(N)=O)csc1Cl. The highest BCUT2D eigenvalue weighted by Gasteiger charge is 2.14. The summed E-state index contributed by atoms with van der Waals surface area (Å²) in [6.07, 6.45) is 0. The van der Waals surface area contributed by atoms with Gasteiger partial charge in [0.25, 0.3) is 5.91 Å². The van der Waals surface area contributed by atoms with Gasteiger partial charge in [0.05, 0.1) is 12.7 Å². The second kappa shape index (κ2) is 3.11. The zero-order valence-corrected chi connectivity index (χ0v) is 7.33. The fourth-order valence-corrected chi connectivity index (χ4v) is 1.74. The molecule has 5 heteroatoms. The van der Waals surface area contributed by atoms with Crippen LogP contribution in [0.4, 0.5) is 0 Å². The molecule has 0 saturated heterocycles. The van der Waals surface area contributed by atoms with E-state index in [0.717, 1.165) is 0 Å². The lowest BCUT2D eigenvalue weighted by molar-refractivity contribution is 0.0998. The van der Waals surface area contributed by atoms with Crippen molar-refractivity contribution in [2.75, 3.05) is 7.11 Å². The van der Waals surface area contributed by atoms with Gasteiger partial charge in [0.2, 0.25) is 0 Å². The van der Waals surface area contributed by atoms with Crippen LogP contribution in [0.3, 0.4) is 0 Å². The molecule has 1 aromatic rings. The van der Waals surface area contributed by atoms with E-state index in [1.165, 1.54) is 18.4 Å². The third kappa shape index (κ3) is 1.46. The highest BCUT2D eigenvalue weighted by atomic mass is 35.5. The molecule has 0 fully saturated rings. The number of primary amides is 1. The summed E-state index contributed by atoms with van der Waals surface area (Å²) >= 11 is 6.90. The first-order chi connectivity index (χ1) is 5.16. The Morgan fingerprint density at radius 2 is 2.45 bits per heavy atom. The summed E-state index contributed by atoms with van der Waals surface area (Å²) in [5.41, 5.74) is 5.37. The summed E-state index contributed by atoms with van der Waals surface area (Å²) in [5, 5.41) is 1.57. The van der Waals surface area contributed by atoms with Crippen LogP contribution in [-0.2, 0) is 0 Å². The second-order valence-corrected chi connectivity index (χ2v) is 3.30. The number of thiophene rings is 1. The third-order valence-corrected chi connectivity index (χ3v) is 2.36. The van der Waals surface area contributed by atoms with Crippen molar-refractivity contribution < 1.29 is 9.53 Å². The summed E-state index contributed by atoms with van der Waals surface area (Å²) in [5.74, 6) is -0.158. The molecular weight excluding hydrogens is 186 g/mol. The van der Waals surface area contributed by atoms with Crippen molar-refractivity contribution in [1.82, 2.24) is 0 Å². The Bertz CT molecular complexity index is 284. The number of hydrogen-bond donors (Lipinski definition) is 1. The van der Waals surface area contributed by atoms with E-state index >= 15 is 0 Å². The van der Waals surface area contributed by atoms with Crippen LogP contribution in [-0.4, -0.2) is 13.0 Å². The van der Waals surface area contributed by atoms with Crippen molar-refractivity contribution in [2.45, 2.75) is 0 Å². The van der Waals surface area contributed by atoms with Crippen LogP contribution >= 0.6 is 22.9 Å². The van der Waals surface area contributed by atoms with Crippen LogP contribution in [0.2, 0.25) is 4.34 Å². The zero-order chi connectivity index (χ0) is 8.43. The molecule has 0 radical (unpaired) electrons. The highest BCUT2D eigenvalue weighted by Crippen LogP contribution is 2.34. The van der Waals surface area contributed by atoms with E-state index in [4.69, 9.17) is 22.1 Å². The lowest BCUT2D eigenvalue weighted by Gasteiger charge is -1.97. The minimum atomic E-state index is -0.523. The summed E-state index contributed by atoms with van der Waals surface area (Å²) in [6, 6.07) is 0. The van der Waals surface area contributed by atoms with Crippen LogP contribution in [0.25, 0.3) is 0 Å². The largest absolute Gasteiger partial charge is 0.493 e. The lowest BCUT2D eigenvalue weighted by atomic mass is 10.3. The van der Waals surface area contributed by atoms with Gasteiger partial charge in [0.1, 0.15) is 4.34 Å². The molecule has 0 aliphatic rings. The maximum atomic E-state index is 10.7. The Hall–Kier alpha value is -0.740. The molecule has 60 valence electrons. The number of nitrogens with two attached hydrogens (primary N) is 1. The molecule has 2 N–H and O–H groups in total. The van der Waals surface area contributed by atoms with Crippen LogP contribution in [0.1, 0.15) is 10.4 Å². The molecule has 1 rings (SSSR count). The first-order valence-electron chi connectivity index (χ1n) is 2.77. The molecule has 1 heterocycles. The minimum Gasteiger partial charge on any atom is -0.493 e. The Morgan fingerprint density at radius 1 is 1.82 bits per heavy atom. The van der Waals surface area contributed by atoms with Gasteiger partial charge in [0.15, 0.2) is 5.75 Å². The van der Waals surface area contributed by atoms with Gasteiger partial charge in [0, 0.05) is 5.38 Å². The van der Waals surface area contributed by atoms with E-state index in [9.17, 15) is 4.79 Å². The highest BCUT2D eigenvalue weighted by molar-refractivity contribution is 7.15. The topological polar surface area (TPSA) is 52.3 Å². The first-order valence-corrected chi connectivity index (χ1v) is 4.03. The van der Waals surface area contributed by atoms with Crippen molar-refractivity contribution in [3.63, 3.8) is 0 Å².